The highest BCUT2D eigenvalue weighted by atomic mass is 35.5. The number of hydrogen-bond donors (Lipinski definition) is 0. The number of carbonyl (C=O) groups is 1. The number of ether oxygens (including phenoxy) is 1. The monoisotopic (exact) mass is 401 g/mol. The Morgan fingerprint density at radius 2 is 1.76 bits per heavy atom. The molecule has 5 nitrogen and oxygen atoms in total. The first-order chi connectivity index (χ1) is 11.8. The lowest BCUT2D eigenvalue weighted by atomic mass is 10.2. The third-order valence-corrected chi connectivity index (χ3v) is 5.87. The Bertz CT molecular complexity index is 841. The minimum absolute atomic E-state index is 0.0300. The van der Waals surface area contributed by atoms with Crippen LogP contribution in [0.15, 0.2) is 53.4 Å². The molecule has 0 heterocycles. The number of nitrogens with zero attached hydrogens (tertiary/aromatic N) is 1. The molecule has 0 bridgehead atoms. The summed E-state index contributed by atoms with van der Waals surface area (Å²) in [6, 6.07) is 13.0. The van der Waals surface area contributed by atoms with Crippen LogP contribution in [-0.2, 0) is 26.1 Å². The zero-order valence-electron chi connectivity index (χ0n) is 13.5. The van der Waals surface area contributed by atoms with Crippen molar-refractivity contribution in [3.8, 4) is 0 Å². The molecule has 0 N–H and O–H groups in total. The molecule has 0 fully saturated rings. The zero-order chi connectivity index (χ0) is 18.4. The van der Waals surface area contributed by atoms with Gasteiger partial charge >= 0.3 is 5.97 Å². The predicted molar refractivity (Wildman–Crippen MR) is 97.1 cm³/mol. The molecule has 0 amide bonds. The van der Waals surface area contributed by atoms with E-state index >= 15 is 0 Å². The molecule has 0 radical (unpaired) electrons. The van der Waals surface area contributed by atoms with Crippen LogP contribution in [0.5, 0.6) is 0 Å². The number of hydrogen-bond acceptors (Lipinski definition) is 4. The summed E-state index contributed by atoms with van der Waals surface area (Å²) in [4.78, 5) is 11.8. The minimum atomic E-state index is -3.96. The first kappa shape index (κ1) is 19.7. The molecule has 8 heteroatoms. The van der Waals surface area contributed by atoms with Crippen molar-refractivity contribution in [3.05, 3.63) is 64.1 Å². The average molecular weight is 402 g/mol. The molecule has 0 aliphatic rings. The Morgan fingerprint density at radius 1 is 1.08 bits per heavy atom. The first-order valence-electron chi connectivity index (χ1n) is 7.49. The average Bonchev–Trinajstić information content (AvgIpc) is 2.58. The van der Waals surface area contributed by atoms with E-state index in [1.165, 1.54) is 18.2 Å². The summed E-state index contributed by atoms with van der Waals surface area (Å²) in [5.74, 6) is -0.623. The van der Waals surface area contributed by atoms with Gasteiger partial charge in [0.1, 0.15) is 6.54 Å². The first-order valence-corrected chi connectivity index (χ1v) is 9.69. The maximum atomic E-state index is 13.0. The second kappa shape index (κ2) is 8.67. The summed E-state index contributed by atoms with van der Waals surface area (Å²) in [5, 5.41) is 0.374. The minimum Gasteiger partial charge on any atom is -0.465 e. The van der Waals surface area contributed by atoms with Crippen molar-refractivity contribution in [2.24, 2.45) is 0 Å². The molecule has 2 aromatic carbocycles. The molecule has 0 saturated carbocycles. The molecule has 0 atom stereocenters. The van der Waals surface area contributed by atoms with Gasteiger partial charge in [0, 0.05) is 6.54 Å². The topological polar surface area (TPSA) is 63.7 Å². The summed E-state index contributed by atoms with van der Waals surface area (Å²) in [5.41, 5.74) is 0.746. The van der Waals surface area contributed by atoms with Gasteiger partial charge in [0.05, 0.1) is 21.5 Å². The van der Waals surface area contributed by atoms with Crippen molar-refractivity contribution < 1.29 is 17.9 Å². The van der Waals surface area contributed by atoms with Crippen molar-refractivity contribution in [2.75, 3.05) is 13.2 Å². The van der Waals surface area contributed by atoms with Gasteiger partial charge < -0.3 is 4.74 Å². The third-order valence-electron chi connectivity index (χ3n) is 3.34. The lowest BCUT2D eigenvalue weighted by Gasteiger charge is -2.21. The van der Waals surface area contributed by atoms with Crippen LogP contribution in [0.25, 0.3) is 0 Å². The Balaban J connectivity index is 2.37. The van der Waals surface area contributed by atoms with Crippen LogP contribution in [0.2, 0.25) is 10.0 Å². The Labute approximate surface area is 157 Å². The van der Waals surface area contributed by atoms with Crippen LogP contribution in [0.4, 0.5) is 0 Å². The van der Waals surface area contributed by atoms with Gasteiger partial charge in [0.15, 0.2) is 0 Å². The van der Waals surface area contributed by atoms with Crippen molar-refractivity contribution in [1.82, 2.24) is 4.31 Å². The Kier molecular flexibility index (Phi) is 6.84. The quantitative estimate of drug-likeness (QED) is 0.662. The van der Waals surface area contributed by atoms with Crippen molar-refractivity contribution in [3.63, 3.8) is 0 Å². The van der Waals surface area contributed by atoms with Gasteiger partial charge in [-0.3, -0.25) is 4.79 Å². The Morgan fingerprint density at radius 3 is 2.36 bits per heavy atom. The van der Waals surface area contributed by atoms with Crippen LogP contribution >= 0.6 is 23.2 Å². The molecule has 0 unspecified atom stereocenters. The number of carbonyl (C=O) groups excluding carboxylic acids is 1. The number of rotatable bonds is 7. The summed E-state index contributed by atoms with van der Waals surface area (Å²) in [6.07, 6.45) is 0. The van der Waals surface area contributed by atoms with Crippen LogP contribution in [0.3, 0.4) is 0 Å². The predicted octanol–water partition coefficient (Wildman–Crippen LogP) is 3.75. The number of sulfonamides is 1. The number of esters is 1. The van der Waals surface area contributed by atoms with E-state index in [4.69, 9.17) is 27.9 Å². The molecule has 0 spiro atoms. The van der Waals surface area contributed by atoms with Crippen LogP contribution < -0.4 is 0 Å². The molecule has 2 aromatic rings. The molecule has 134 valence electrons. The molecule has 25 heavy (non-hydrogen) atoms. The van der Waals surface area contributed by atoms with Gasteiger partial charge in [-0.2, -0.15) is 4.31 Å². The van der Waals surface area contributed by atoms with Crippen molar-refractivity contribution in [2.45, 2.75) is 18.4 Å². The van der Waals surface area contributed by atoms with Crippen molar-refractivity contribution >= 4 is 39.2 Å². The largest absolute Gasteiger partial charge is 0.465 e. The van der Waals surface area contributed by atoms with Crippen molar-refractivity contribution in [1.29, 1.82) is 0 Å². The molecular weight excluding hydrogens is 385 g/mol. The standard InChI is InChI=1S/C17H17Cl2NO4S/c1-2-24-17(21)12-20(11-13-6-4-3-5-7-13)25(22,23)14-8-9-15(18)16(19)10-14/h3-10H,2,11-12H2,1H3. The van der Waals surface area contributed by atoms with E-state index in [1.807, 2.05) is 6.07 Å². The van der Waals surface area contributed by atoms with Gasteiger partial charge in [-0.05, 0) is 30.7 Å². The van der Waals surface area contributed by atoms with Gasteiger partial charge in [-0.25, -0.2) is 8.42 Å². The maximum Gasteiger partial charge on any atom is 0.321 e. The molecule has 0 aliphatic carbocycles. The highest BCUT2D eigenvalue weighted by Gasteiger charge is 2.28. The van der Waals surface area contributed by atoms with E-state index in [1.54, 1.807) is 31.2 Å². The summed E-state index contributed by atoms with van der Waals surface area (Å²) in [7, 11) is -3.96. The highest BCUT2D eigenvalue weighted by molar-refractivity contribution is 7.89. The van der Waals surface area contributed by atoms with Gasteiger partial charge in [0.2, 0.25) is 10.0 Å². The molecule has 0 aliphatic heterocycles. The van der Waals surface area contributed by atoms with E-state index in [0.717, 1.165) is 9.87 Å². The highest BCUT2D eigenvalue weighted by Crippen LogP contribution is 2.27. The SMILES string of the molecule is CCOC(=O)CN(Cc1ccccc1)S(=O)(=O)c1ccc(Cl)c(Cl)c1. The zero-order valence-corrected chi connectivity index (χ0v) is 15.8. The fourth-order valence-electron chi connectivity index (χ4n) is 2.15. The molecular formula is C17H17Cl2NO4S. The van der Waals surface area contributed by atoms with E-state index in [9.17, 15) is 13.2 Å². The Hall–Kier alpha value is -1.60. The fraction of sp³-hybridized carbons (Fsp3) is 0.235. The molecule has 0 aromatic heterocycles. The lowest BCUT2D eigenvalue weighted by Crippen LogP contribution is -2.36. The summed E-state index contributed by atoms with van der Waals surface area (Å²) in [6.45, 7) is 1.46. The summed E-state index contributed by atoms with van der Waals surface area (Å²) < 4.78 is 31.9. The van der Waals surface area contributed by atoms with E-state index in [2.05, 4.69) is 0 Å². The van der Waals surface area contributed by atoms with Crippen LogP contribution in [0.1, 0.15) is 12.5 Å². The van der Waals surface area contributed by atoms with Gasteiger partial charge in [-0.15, -0.1) is 0 Å². The van der Waals surface area contributed by atoms with Crippen LogP contribution in [0, 0.1) is 0 Å². The maximum absolute atomic E-state index is 13.0. The molecule has 2 rings (SSSR count). The smallest absolute Gasteiger partial charge is 0.321 e. The van der Waals surface area contributed by atoms with E-state index in [0.29, 0.717) is 0 Å². The third kappa shape index (κ3) is 5.19. The van der Waals surface area contributed by atoms with Crippen LogP contribution in [-0.4, -0.2) is 31.8 Å². The van der Waals surface area contributed by atoms with E-state index < -0.39 is 22.5 Å². The van der Waals surface area contributed by atoms with Gasteiger partial charge in [0.25, 0.3) is 0 Å². The fourth-order valence-corrected chi connectivity index (χ4v) is 3.91. The molecule has 0 saturated heterocycles. The van der Waals surface area contributed by atoms with E-state index in [-0.39, 0.29) is 28.1 Å². The second-order valence-electron chi connectivity index (χ2n) is 5.14. The normalized spacial score (nSPS) is 11.5. The lowest BCUT2D eigenvalue weighted by molar-refractivity contribution is -0.143. The number of halogens is 2. The number of benzene rings is 2. The summed E-state index contributed by atoms with van der Waals surface area (Å²) >= 11 is 11.8. The van der Waals surface area contributed by atoms with Gasteiger partial charge in [-0.1, -0.05) is 53.5 Å². The second-order valence-corrected chi connectivity index (χ2v) is 7.89.